The first-order chi connectivity index (χ1) is 5.29. The first-order valence-electron chi connectivity index (χ1n) is 4.58. The molecule has 0 radical (unpaired) electrons. The van der Waals surface area contributed by atoms with Crippen LogP contribution in [0, 0.1) is 5.92 Å². The number of hydrogen-bond acceptors (Lipinski definition) is 1. The number of fused-ring (bicyclic) bond motifs is 1. The second-order valence-electron chi connectivity index (χ2n) is 3.81. The van der Waals surface area contributed by atoms with Gasteiger partial charge in [-0.1, -0.05) is 6.92 Å². The molecule has 2 aliphatic heterocycles. The summed E-state index contributed by atoms with van der Waals surface area (Å²) in [6.07, 6.45) is 4.37. The predicted octanol–water partition coefficient (Wildman–Crippen LogP) is 1.41. The van der Waals surface area contributed by atoms with Crippen LogP contribution in [-0.2, 0) is 4.79 Å². The predicted molar refractivity (Wildman–Crippen MR) is 43.1 cm³/mol. The van der Waals surface area contributed by atoms with Gasteiger partial charge >= 0.3 is 0 Å². The fraction of sp³-hybridized carbons (Fsp3) is 0.889. The van der Waals surface area contributed by atoms with Crippen LogP contribution < -0.4 is 0 Å². The molecule has 2 heterocycles. The van der Waals surface area contributed by atoms with E-state index in [9.17, 15) is 4.79 Å². The molecule has 1 amide bonds. The van der Waals surface area contributed by atoms with Crippen molar-refractivity contribution < 1.29 is 4.79 Å². The van der Waals surface area contributed by atoms with Crippen LogP contribution in [0.15, 0.2) is 0 Å². The van der Waals surface area contributed by atoms with Crippen LogP contribution in [0.4, 0.5) is 0 Å². The van der Waals surface area contributed by atoms with Gasteiger partial charge in [0.15, 0.2) is 0 Å². The number of amides is 1. The molecule has 62 valence electrons. The summed E-state index contributed by atoms with van der Waals surface area (Å²) in [6.45, 7) is 3.29. The lowest BCUT2D eigenvalue weighted by Gasteiger charge is -2.34. The molecule has 2 atom stereocenters. The molecule has 0 saturated carbocycles. The van der Waals surface area contributed by atoms with Crippen molar-refractivity contribution in [1.82, 2.24) is 4.90 Å². The van der Waals surface area contributed by atoms with E-state index in [1.807, 2.05) is 0 Å². The quantitative estimate of drug-likeness (QED) is 0.515. The topological polar surface area (TPSA) is 20.3 Å². The number of hydrogen-bond donors (Lipinski definition) is 0. The molecule has 2 nitrogen and oxygen atoms in total. The molecule has 0 bridgehead atoms. The van der Waals surface area contributed by atoms with E-state index < -0.39 is 0 Å². The van der Waals surface area contributed by atoms with Crippen molar-refractivity contribution in [3.63, 3.8) is 0 Å². The second kappa shape index (κ2) is 2.50. The molecular formula is C9H15NO. The van der Waals surface area contributed by atoms with E-state index in [4.69, 9.17) is 0 Å². The minimum Gasteiger partial charge on any atom is -0.339 e. The molecule has 0 aliphatic carbocycles. The zero-order chi connectivity index (χ0) is 7.84. The van der Waals surface area contributed by atoms with E-state index in [1.165, 1.54) is 12.8 Å². The van der Waals surface area contributed by atoms with Gasteiger partial charge in [0.25, 0.3) is 0 Å². The van der Waals surface area contributed by atoms with E-state index in [-0.39, 0.29) is 0 Å². The van der Waals surface area contributed by atoms with Crippen molar-refractivity contribution in [2.45, 2.75) is 38.6 Å². The molecule has 0 aromatic rings. The van der Waals surface area contributed by atoms with Gasteiger partial charge in [-0.15, -0.1) is 0 Å². The Hall–Kier alpha value is -0.530. The molecule has 11 heavy (non-hydrogen) atoms. The van der Waals surface area contributed by atoms with Gasteiger partial charge in [-0.25, -0.2) is 0 Å². The minimum atomic E-state index is 0.394. The Morgan fingerprint density at radius 1 is 1.45 bits per heavy atom. The van der Waals surface area contributed by atoms with Crippen molar-refractivity contribution in [2.75, 3.05) is 6.54 Å². The van der Waals surface area contributed by atoms with Crippen molar-refractivity contribution >= 4 is 5.91 Å². The van der Waals surface area contributed by atoms with Gasteiger partial charge in [0.2, 0.25) is 5.91 Å². The highest BCUT2D eigenvalue weighted by Gasteiger charge is 2.35. The SMILES string of the molecule is C[C@H]1CCC(=O)N2CCC[C@H]12. The summed E-state index contributed by atoms with van der Waals surface area (Å²) in [5.74, 6) is 1.14. The van der Waals surface area contributed by atoms with E-state index in [0.717, 1.165) is 25.3 Å². The van der Waals surface area contributed by atoms with E-state index in [2.05, 4.69) is 11.8 Å². The number of carbonyl (C=O) groups excluding carboxylic acids is 1. The van der Waals surface area contributed by atoms with Crippen LogP contribution in [0.2, 0.25) is 0 Å². The highest BCUT2D eigenvalue weighted by molar-refractivity contribution is 5.77. The van der Waals surface area contributed by atoms with Crippen LogP contribution >= 0.6 is 0 Å². The van der Waals surface area contributed by atoms with E-state index >= 15 is 0 Å². The Balaban J connectivity index is 2.14. The lowest BCUT2D eigenvalue weighted by atomic mass is 9.91. The smallest absolute Gasteiger partial charge is 0.222 e. The first-order valence-corrected chi connectivity index (χ1v) is 4.58. The fourth-order valence-electron chi connectivity index (χ4n) is 2.38. The van der Waals surface area contributed by atoms with Crippen molar-refractivity contribution in [3.8, 4) is 0 Å². The van der Waals surface area contributed by atoms with Crippen LogP contribution in [0.25, 0.3) is 0 Å². The summed E-state index contributed by atoms with van der Waals surface area (Å²) < 4.78 is 0. The lowest BCUT2D eigenvalue weighted by Crippen LogP contribution is -2.43. The Morgan fingerprint density at radius 2 is 2.27 bits per heavy atom. The van der Waals surface area contributed by atoms with Gasteiger partial charge in [-0.2, -0.15) is 0 Å². The average Bonchev–Trinajstić information content (AvgIpc) is 2.45. The third-order valence-electron chi connectivity index (χ3n) is 3.09. The summed E-state index contributed by atoms with van der Waals surface area (Å²) >= 11 is 0. The molecule has 0 aromatic heterocycles. The summed E-state index contributed by atoms with van der Waals surface area (Å²) in [5.41, 5.74) is 0. The summed E-state index contributed by atoms with van der Waals surface area (Å²) in [6, 6.07) is 0.594. The maximum Gasteiger partial charge on any atom is 0.222 e. The standard InChI is InChI=1S/C9H15NO/c1-7-4-5-9(11)10-6-2-3-8(7)10/h7-8H,2-6H2,1H3/t7-,8+/m0/s1. The molecule has 2 fully saturated rings. The molecule has 2 rings (SSSR count). The van der Waals surface area contributed by atoms with E-state index in [1.54, 1.807) is 0 Å². The normalized spacial score (nSPS) is 37.5. The average molecular weight is 153 g/mol. The number of carbonyl (C=O) groups is 1. The van der Waals surface area contributed by atoms with Gasteiger partial charge in [0, 0.05) is 19.0 Å². The summed E-state index contributed by atoms with van der Waals surface area (Å²) in [5, 5.41) is 0. The van der Waals surface area contributed by atoms with Gasteiger partial charge in [0.1, 0.15) is 0 Å². The van der Waals surface area contributed by atoms with Gasteiger partial charge in [-0.3, -0.25) is 4.79 Å². The molecule has 0 N–H and O–H groups in total. The lowest BCUT2D eigenvalue weighted by molar-refractivity contribution is -0.136. The van der Waals surface area contributed by atoms with Crippen molar-refractivity contribution in [3.05, 3.63) is 0 Å². The van der Waals surface area contributed by atoms with E-state index in [0.29, 0.717) is 11.9 Å². The Morgan fingerprint density at radius 3 is 3.00 bits per heavy atom. The summed E-state index contributed by atoms with van der Waals surface area (Å²) in [7, 11) is 0. The maximum atomic E-state index is 11.3. The monoisotopic (exact) mass is 153 g/mol. The molecule has 2 aliphatic rings. The third-order valence-corrected chi connectivity index (χ3v) is 3.09. The van der Waals surface area contributed by atoms with Gasteiger partial charge < -0.3 is 4.90 Å². The van der Waals surface area contributed by atoms with Gasteiger partial charge in [0.05, 0.1) is 0 Å². The number of piperidine rings is 1. The van der Waals surface area contributed by atoms with Crippen LogP contribution in [0.5, 0.6) is 0 Å². The molecule has 0 aromatic carbocycles. The first kappa shape index (κ1) is 7.14. The molecule has 0 spiro atoms. The second-order valence-corrected chi connectivity index (χ2v) is 3.81. The zero-order valence-corrected chi connectivity index (χ0v) is 7.05. The van der Waals surface area contributed by atoms with Crippen LogP contribution in [0.3, 0.4) is 0 Å². The highest BCUT2D eigenvalue weighted by Crippen LogP contribution is 2.31. The third kappa shape index (κ3) is 1.05. The molecule has 0 unspecified atom stereocenters. The molecule has 2 heteroatoms. The Labute approximate surface area is 67.6 Å². The Bertz CT molecular complexity index is 178. The van der Waals surface area contributed by atoms with Crippen LogP contribution in [-0.4, -0.2) is 23.4 Å². The number of nitrogens with zero attached hydrogens (tertiary/aromatic N) is 1. The maximum absolute atomic E-state index is 11.3. The fourth-order valence-corrected chi connectivity index (χ4v) is 2.38. The highest BCUT2D eigenvalue weighted by atomic mass is 16.2. The number of rotatable bonds is 0. The summed E-state index contributed by atoms with van der Waals surface area (Å²) in [4.78, 5) is 13.4. The van der Waals surface area contributed by atoms with Crippen LogP contribution in [0.1, 0.15) is 32.6 Å². The van der Waals surface area contributed by atoms with Crippen molar-refractivity contribution in [2.24, 2.45) is 5.92 Å². The van der Waals surface area contributed by atoms with Crippen molar-refractivity contribution in [1.29, 1.82) is 0 Å². The minimum absolute atomic E-state index is 0.394. The van der Waals surface area contributed by atoms with Gasteiger partial charge in [-0.05, 0) is 25.2 Å². The largest absolute Gasteiger partial charge is 0.339 e. The molecule has 2 saturated heterocycles. The molecular weight excluding hydrogens is 138 g/mol. The zero-order valence-electron chi connectivity index (χ0n) is 7.05. The Kier molecular flexibility index (Phi) is 1.63.